The van der Waals surface area contributed by atoms with E-state index in [0.29, 0.717) is 12.2 Å². The largest absolute Gasteiger partial charge is 0.349 e. The summed E-state index contributed by atoms with van der Waals surface area (Å²) >= 11 is 0. The molecule has 0 saturated heterocycles. The normalized spacial score (nSPS) is 16.3. The number of aromatic nitrogens is 6. The zero-order chi connectivity index (χ0) is 19.3. The van der Waals surface area contributed by atoms with E-state index < -0.39 is 0 Å². The second-order valence-electron chi connectivity index (χ2n) is 7.36. The molecule has 9 heteroatoms. The summed E-state index contributed by atoms with van der Waals surface area (Å²) < 4.78 is 0. The number of nitrogens with one attached hydrogen (secondary N) is 3. The highest BCUT2D eigenvalue weighted by Crippen LogP contribution is 2.35. The molecule has 28 heavy (non-hydrogen) atoms. The van der Waals surface area contributed by atoms with Crippen LogP contribution in [0.4, 0.5) is 11.5 Å². The molecule has 4 heterocycles. The Morgan fingerprint density at radius 1 is 1.21 bits per heavy atom. The quantitative estimate of drug-likeness (QED) is 0.505. The molecule has 0 aliphatic heterocycles. The Kier molecular flexibility index (Phi) is 3.75. The first-order chi connectivity index (χ1) is 13.6. The third-order valence-electron chi connectivity index (χ3n) is 5.32. The highest BCUT2D eigenvalue weighted by atomic mass is 16.2. The molecule has 1 aliphatic carbocycles. The van der Waals surface area contributed by atoms with Gasteiger partial charge in [-0.05, 0) is 30.9 Å². The molecule has 9 nitrogen and oxygen atoms in total. The Labute approximate surface area is 160 Å². The molecule has 1 unspecified atom stereocenters. The van der Waals surface area contributed by atoms with Crippen molar-refractivity contribution < 1.29 is 4.79 Å². The first-order valence-corrected chi connectivity index (χ1v) is 9.22. The molecule has 0 saturated carbocycles. The highest BCUT2D eigenvalue weighted by molar-refractivity contribution is 5.94. The average molecular weight is 376 g/mol. The van der Waals surface area contributed by atoms with Crippen LogP contribution in [0.25, 0.3) is 22.1 Å². The van der Waals surface area contributed by atoms with Gasteiger partial charge >= 0.3 is 0 Å². The van der Waals surface area contributed by atoms with E-state index in [4.69, 9.17) is 0 Å². The van der Waals surface area contributed by atoms with E-state index in [1.54, 1.807) is 23.6 Å². The van der Waals surface area contributed by atoms with Crippen molar-refractivity contribution in [2.24, 2.45) is 5.92 Å². The van der Waals surface area contributed by atoms with Crippen molar-refractivity contribution in [2.45, 2.75) is 19.3 Å². The minimum atomic E-state index is -0.0153. The van der Waals surface area contributed by atoms with E-state index in [9.17, 15) is 4.79 Å². The summed E-state index contributed by atoms with van der Waals surface area (Å²) in [7, 11) is 3.62. The second-order valence-corrected chi connectivity index (χ2v) is 7.36. The topological polar surface area (TPSA) is 115 Å². The van der Waals surface area contributed by atoms with Gasteiger partial charge in [0.15, 0.2) is 5.65 Å². The van der Waals surface area contributed by atoms with Gasteiger partial charge in [-0.25, -0.2) is 15.0 Å². The molecule has 1 amide bonds. The molecule has 5 rings (SSSR count). The molecule has 1 atom stereocenters. The number of pyridine rings is 1. The lowest BCUT2D eigenvalue weighted by Gasteiger charge is -2.24. The van der Waals surface area contributed by atoms with Crippen molar-refractivity contribution >= 4 is 39.5 Å². The van der Waals surface area contributed by atoms with Crippen molar-refractivity contribution in [1.29, 1.82) is 0 Å². The van der Waals surface area contributed by atoms with Crippen molar-refractivity contribution in [3.63, 3.8) is 0 Å². The molecule has 0 spiro atoms. The van der Waals surface area contributed by atoms with Gasteiger partial charge in [0.2, 0.25) is 5.91 Å². The standard InChI is InChI=1S/C19H20N8O/c1-27(2)19(28)10-3-4-14-13(6-10)15-17(21-9-22-18(15)25-14)24-12-5-11-7-23-26-16(11)20-8-12/h5,7-10H,3-4,6H2,1-2H3,(H,20,23,26)(H2,21,22,24,25). The molecule has 4 aromatic heterocycles. The molecule has 1 aliphatic rings. The number of carbonyl (C=O) groups is 1. The second kappa shape index (κ2) is 6.29. The fourth-order valence-corrected chi connectivity index (χ4v) is 3.95. The fourth-order valence-electron chi connectivity index (χ4n) is 3.95. The molecule has 0 aromatic carbocycles. The minimum absolute atomic E-state index is 0.0153. The summed E-state index contributed by atoms with van der Waals surface area (Å²) in [6.07, 6.45) is 7.38. The van der Waals surface area contributed by atoms with Crippen LogP contribution in [-0.4, -0.2) is 55.0 Å². The number of aromatic amines is 2. The number of H-pyrrole nitrogens is 2. The lowest BCUT2D eigenvalue weighted by Crippen LogP contribution is -2.33. The number of anilines is 2. The fraction of sp³-hybridized carbons (Fsp3) is 0.316. The Morgan fingerprint density at radius 2 is 2.11 bits per heavy atom. The van der Waals surface area contributed by atoms with Gasteiger partial charge in [-0.1, -0.05) is 0 Å². The smallest absolute Gasteiger partial charge is 0.225 e. The van der Waals surface area contributed by atoms with Gasteiger partial charge in [0.05, 0.1) is 23.5 Å². The van der Waals surface area contributed by atoms with E-state index in [1.165, 1.54) is 0 Å². The Morgan fingerprint density at radius 3 is 2.96 bits per heavy atom. The maximum Gasteiger partial charge on any atom is 0.225 e. The predicted molar refractivity (Wildman–Crippen MR) is 105 cm³/mol. The zero-order valence-electron chi connectivity index (χ0n) is 15.7. The Balaban J connectivity index is 1.55. The monoisotopic (exact) mass is 376 g/mol. The Bertz CT molecular complexity index is 1190. The number of carbonyl (C=O) groups excluding carboxylic acids is 1. The summed E-state index contributed by atoms with van der Waals surface area (Å²) in [4.78, 5) is 30.8. The first kappa shape index (κ1) is 16.7. The van der Waals surface area contributed by atoms with Gasteiger partial charge in [-0.3, -0.25) is 9.89 Å². The summed E-state index contributed by atoms with van der Waals surface area (Å²) in [5.74, 6) is 0.865. The summed E-state index contributed by atoms with van der Waals surface area (Å²) in [6, 6.07) is 1.97. The lowest BCUT2D eigenvalue weighted by atomic mass is 9.85. The number of hydrogen-bond acceptors (Lipinski definition) is 6. The predicted octanol–water partition coefficient (Wildman–Crippen LogP) is 2.17. The van der Waals surface area contributed by atoms with Gasteiger partial charge < -0.3 is 15.2 Å². The van der Waals surface area contributed by atoms with E-state index in [-0.39, 0.29) is 11.8 Å². The summed E-state index contributed by atoms with van der Waals surface area (Å²) in [5, 5.41) is 12.1. The van der Waals surface area contributed by atoms with Crippen LogP contribution >= 0.6 is 0 Å². The van der Waals surface area contributed by atoms with Crippen molar-refractivity contribution in [3.05, 3.63) is 36.0 Å². The van der Waals surface area contributed by atoms with E-state index >= 15 is 0 Å². The third kappa shape index (κ3) is 2.67. The third-order valence-corrected chi connectivity index (χ3v) is 5.32. The van der Waals surface area contributed by atoms with E-state index in [1.807, 2.05) is 20.2 Å². The van der Waals surface area contributed by atoms with Crippen LogP contribution in [0.15, 0.2) is 24.8 Å². The Hall–Kier alpha value is -3.49. The van der Waals surface area contributed by atoms with Gasteiger partial charge in [0.1, 0.15) is 17.8 Å². The number of amides is 1. The van der Waals surface area contributed by atoms with Crippen molar-refractivity contribution in [2.75, 3.05) is 19.4 Å². The molecule has 4 aromatic rings. The molecule has 0 fully saturated rings. The molecule has 0 bridgehead atoms. The minimum Gasteiger partial charge on any atom is -0.349 e. The van der Waals surface area contributed by atoms with Crippen LogP contribution < -0.4 is 5.32 Å². The zero-order valence-corrected chi connectivity index (χ0v) is 15.7. The van der Waals surface area contributed by atoms with Crippen LogP contribution in [0.5, 0.6) is 0 Å². The van der Waals surface area contributed by atoms with Crippen LogP contribution in [0.1, 0.15) is 17.7 Å². The maximum atomic E-state index is 12.5. The lowest BCUT2D eigenvalue weighted by molar-refractivity contribution is -0.133. The van der Waals surface area contributed by atoms with Gasteiger partial charge in [0.25, 0.3) is 0 Å². The molecular formula is C19H20N8O. The summed E-state index contributed by atoms with van der Waals surface area (Å²) in [6.45, 7) is 0. The molecule has 3 N–H and O–H groups in total. The molecule has 0 radical (unpaired) electrons. The number of hydrogen-bond donors (Lipinski definition) is 3. The van der Waals surface area contributed by atoms with E-state index in [2.05, 4.69) is 35.5 Å². The highest BCUT2D eigenvalue weighted by Gasteiger charge is 2.29. The van der Waals surface area contributed by atoms with Crippen LogP contribution in [0, 0.1) is 5.92 Å². The number of fused-ring (bicyclic) bond motifs is 4. The summed E-state index contributed by atoms with van der Waals surface area (Å²) in [5.41, 5.74) is 4.62. The average Bonchev–Trinajstić information content (AvgIpc) is 3.30. The van der Waals surface area contributed by atoms with Gasteiger partial charge in [-0.15, -0.1) is 0 Å². The van der Waals surface area contributed by atoms with Gasteiger partial charge in [0, 0.05) is 31.1 Å². The van der Waals surface area contributed by atoms with Crippen LogP contribution in [-0.2, 0) is 17.6 Å². The first-order valence-electron chi connectivity index (χ1n) is 9.22. The number of nitrogens with zero attached hydrogens (tertiary/aromatic N) is 5. The number of aryl methyl sites for hydroxylation is 1. The SMILES string of the molecule is CN(C)C(=O)C1CCc2[nH]c3ncnc(Nc4cnc5[nH]ncc5c4)c3c2C1. The molecular weight excluding hydrogens is 356 g/mol. The van der Waals surface area contributed by atoms with Crippen LogP contribution in [0.3, 0.4) is 0 Å². The van der Waals surface area contributed by atoms with Gasteiger partial charge in [-0.2, -0.15) is 5.10 Å². The number of rotatable bonds is 3. The molecule has 142 valence electrons. The van der Waals surface area contributed by atoms with Crippen LogP contribution in [0.2, 0.25) is 0 Å². The van der Waals surface area contributed by atoms with E-state index in [0.717, 1.165) is 51.9 Å². The maximum absolute atomic E-state index is 12.5. The van der Waals surface area contributed by atoms with Crippen molar-refractivity contribution in [1.82, 2.24) is 35.0 Å². The van der Waals surface area contributed by atoms with Crippen molar-refractivity contribution in [3.8, 4) is 0 Å².